The first-order valence-electron chi connectivity index (χ1n) is 6.38. The maximum Gasteiger partial charge on any atom is 0.254 e. The number of H-pyrrole nitrogens is 1. The van der Waals surface area contributed by atoms with Gasteiger partial charge in [0.15, 0.2) is 0 Å². The molecule has 0 spiro atoms. The molecule has 20 heavy (non-hydrogen) atoms. The van der Waals surface area contributed by atoms with Crippen LogP contribution in [0, 0.1) is 6.92 Å². The van der Waals surface area contributed by atoms with Crippen LogP contribution in [0.2, 0.25) is 0 Å². The number of aromatic nitrogens is 2. The Hall–Kier alpha value is -1.62. The Morgan fingerprint density at radius 2 is 2.05 bits per heavy atom. The molecule has 2 aromatic rings. The highest BCUT2D eigenvalue weighted by Crippen LogP contribution is 2.29. The molecule has 0 unspecified atom stereocenters. The Kier molecular flexibility index (Phi) is 4.28. The van der Waals surface area contributed by atoms with E-state index < -0.39 is 0 Å². The molecule has 106 valence electrons. The molecule has 0 amide bonds. The number of hydrogen-bond acceptors (Lipinski definition) is 3. The van der Waals surface area contributed by atoms with E-state index >= 15 is 0 Å². The largest absolute Gasteiger partial charge is 0.497 e. The zero-order chi connectivity index (χ0) is 14.9. The van der Waals surface area contributed by atoms with Gasteiger partial charge in [0.1, 0.15) is 11.6 Å². The average molecular weight is 337 g/mol. The number of rotatable bonds is 3. The summed E-state index contributed by atoms with van der Waals surface area (Å²) in [6.45, 7) is 5.84. The minimum absolute atomic E-state index is 0.0859. The van der Waals surface area contributed by atoms with Gasteiger partial charge in [0.25, 0.3) is 5.56 Å². The van der Waals surface area contributed by atoms with Crippen molar-refractivity contribution in [2.75, 3.05) is 7.11 Å². The fourth-order valence-electron chi connectivity index (χ4n) is 2.22. The smallest absolute Gasteiger partial charge is 0.254 e. The maximum absolute atomic E-state index is 12.2. The van der Waals surface area contributed by atoms with Crippen molar-refractivity contribution < 1.29 is 4.74 Å². The van der Waals surface area contributed by atoms with Gasteiger partial charge in [0, 0.05) is 21.3 Å². The van der Waals surface area contributed by atoms with Crippen molar-refractivity contribution in [3.63, 3.8) is 0 Å². The third kappa shape index (κ3) is 2.77. The SMILES string of the molecule is COc1ccc(Br)c(-c2nc(C)c(C(C)C)c(=O)[nH]2)c1. The van der Waals surface area contributed by atoms with Crippen molar-refractivity contribution in [3.8, 4) is 17.1 Å². The number of nitrogens with zero attached hydrogens (tertiary/aromatic N) is 1. The van der Waals surface area contributed by atoms with Crippen LogP contribution in [0.1, 0.15) is 31.0 Å². The minimum atomic E-state index is -0.0859. The van der Waals surface area contributed by atoms with Gasteiger partial charge in [0.05, 0.1) is 7.11 Å². The molecule has 2 rings (SSSR count). The van der Waals surface area contributed by atoms with E-state index in [9.17, 15) is 4.79 Å². The number of methoxy groups -OCH3 is 1. The Bertz CT molecular complexity index is 693. The van der Waals surface area contributed by atoms with E-state index in [1.165, 1.54) is 0 Å². The van der Waals surface area contributed by atoms with Gasteiger partial charge >= 0.3 is 0 Å². The molecule has 1 aromatic heterocycles. The molecule has 1 N–H and O–H groups in total. The maximum atomic E-state index is 12.2. The van der Waals surface area contributed by atoms with E-state index in [0.29, 0.717) is 5.82 Å². The van der Waals surface area contributed by atoms with E-state index in [0.717, 1.165) is 27.0 Å². The molecule has 0 radical (unpaired) electrons. The van der Waals surface area contributed by atoms with Gasteiger partial charge in [0.2, 0.25) is 0 Å². The number of benzene rings is 1. The highest BCUT2D eigenvalue weighted by molar-refractivity contribution is 9.10. The van der Waals surface area contributed by atoms with Crippen LogP contribution in [0.15, 0.2) is 27.5 Å². The molecule has 0 aliphatic rings. The number of hydrogen-bond donors (Lipinski definition) is 1. The first-order chi connectivity index (χ1) is 9.43. The predicted molar refractivity (Wildman–Crippen MR) is 83.4 cm³/mol. The summed E-state index contributed by atoms with van der Waals surface area (Å²) >= 11 is 3.48. The zero-order valence-electron chi connectivity index (χ0n) is 12.0. The topological polar surface area (TPSA) is 55.0 Å². The lowest BCUT2D eigenvalue weighted by atomic mass is 10.0. The summed E-state index contributed by atoms with van der Waals surface area (Å²) in [6.07, 6.45) is 0. The van der Waals surface area contributed by atoms with Crippen LogP contribution in [-0.4, -0.2) is 17.1 Å². The molecule has 0 aliphatic carbocycles. The Morgan fingerprint density at radius 1 is 1.35 bits per heavy atom. The highest BCUT2D eigenvalue weighted by atomic mass is 79.9. The summed E-state index contributed by atoms with van der Waals surface area (Å²) in [7, 11) is 1.61. The molecule has 1 aromatic carbocycles. The summed E-state index contributed by atoms with van der Waals surface area (Å²) in [5.41, 5.74) is 2.21. The van der Waals surface area contributed by atoms with E-state index in [4.69, 9.17) is 4.74 Å². The zero-order valence-corrected chi connectivity index (χ0v) is 13.5. The van der Waals surface area contributed by atoms with Gasteiger partial charge in [-0.25, -0.2) is 4.98 Å². The van der Waals surface area contributed by atoms with Crippen molar-refractivity contribution in [1.29, 1.82) is 0 Å². The van der Waals surface area contributed by atoms with Crippen LogP contribution in [0.4, 0.5) is 0 Å². The summed E-state index contributed by atoms with van der Waals surface area (Å²) in [5.74, 6) is 1.41. The van der Waals surface area contributed by atoms with E-state index in [1.54, 1.807) is 7.11 Å². The number of aromatic amines is 1. The van der Waals surface area contributed by atoms with E-state index in [1.807, 2.05) is 39.0 Å². The van der Waals surface area contributed by atoms with Gasteiger partial charge in [-0.05, 0) is 31.0 Å². The standard InChI is InChI=1S/C15H17BrN2O2/c1-8(2)13-9(3)17-14(18-15(13)19)11-7-10(20-4)5-6-12(11)16/h5-8H,1-4H3,(H,17,18,19). The molecule has 0 saturated heterocycles. The lowest BCUT2D eigenvalue weighted by Crippen LogP contribution is -2.18. The molecule has 0 aliphatic heterocycles. The number of ether oxygens (including phenoxy) is 1. The van der Waals surface area contributed by atoms with Crippen LogP contribution in [0.25, 0.3) is 11.4 Å². The van der Waals surface area contributed by atoms with E-state index in [2.05, 4.69) is 25.9 Å². The van der Waals surface area contributed by atoms with Gasteiger partial charge in [-0.3, -0.25) is 4.79 Å². The summed E-state index contributed by atoms with van der Waals surface area (Å²) in [6, 6.07) is 5.57. The average Bonchev–Trinajstić information content (AvgIpc) is 2.37. The third-order valence-electron chi connectivity index (χ3n) is 3.15. The third-order valence-corrected chi connectivity index (χ3v) is 3.84. The predicted octanol–water partition coefficient (Wildman–Crippen LogP) is 3.64. The second kappa shape index (κ2) is 5.79. The van der Waals surface area contributed by atoms with Crippen molar-refractivity contribution >= 4 is 15.9 Å². The first-order valence-corrected chi connectivity index (χ1v) is 7.18. The molecule has 0 bridgehead atoms. The molecule has 4 nitrogen and oxygen atoms in total. The normalized spacial score (nSPS) is 10.9. The molecular weight excluding hydrogens is 320 g/mol. The van der Waals surface area contributed by atoms with E-state index in [-0.39, 0.29) is 11.5 Å². The lowest BCUT2D eigenvalue weighted by Gasteiger charge is -2.11. The second-order valence-corrected chi connectivity index (χ2v) is 5.77. The Labute approximate surface area is 126 Å². The van der Waals surface area contributed by atoms with Gasteiger partial charge in [-0.2, -0.15) is 0 Å². The fourth-order valence-corrected chi connectivity index (χ4v) is 2.65. The lowest BCUT2D eigenvalue weighted by molar-refractivity contribution is 0.415. The fraction of sp³-hybridized carbons (Fsp3) is 0.333. The summed E-state index contributed by atoms with van der Waals surface area (Å²) in [4.78, 5) is 19.6. The summed E-state index contributed by atoms with van der Waals surface area (Å²) < 4.78 is 6.07. The van der Waals surface area contributed by atoms with Crippen LogP contribution in [0.5, 0.6) is 5.75 Å². The monoisotopic (exact) mass is 336 g/mol. The van der Waals surface area contributed by atoms with Crippen LogP contribution < -0.4 is 10.3 Å². The Morgan fingerprint density at radius 3 is 2.60 bits per heavy atom. The molecular formula is C15H17BrN2O2. The molecule has 0 atom stereocenters. The molecule has 0 saturated carbocycles. The van der Waals surface area contributed by atoms with Crippen LogP contribution >= 0.6 is 15.9 Å². The van der Waals surface area contributed by atoms with Crippen molar-refractivity contribution in [3.05, 3.63) is 44.3 Å². The Balaban J connectivity index is 2.63. The van der Waals surface area contributed by atoms with Crippen LogP contribution in [0.3, 0.4) is 0 Å². The van der Waals surface area contributed by atoms with Crippen LogP contribution in [-0.2, 0) is 0 Å². The quantitative estimate of drug-likeness (QED) is 0.930. The summed E-state index contributed by atoms with van der Waals surface area (Å²) in [5, 5.41) is 0. The van der Waals surface area contributed by atoms with Gasteiger partial charge in [-0.1, -0.05) is 29.8 Å². The number of aryl methyl sites for hydroxylation is 1. The second-order valence-electron chi connectivity index (χ2n) is 4.91. The number of nitrogens with one attached hydrogen (secondary N) is 1. The molecule has 1 heterocycles. The molecule has 0 fully saturated rings. The van der Waals surface area contributed by atoms with Crippen molar-refractivity contribution in [2.24, 2.45) is 0 Å². The van der Waals surface area contributed by atoms with Crippen molar-refractivity contribution in [2.45, 2.75) is 26.7 Å². The van der Waals surface area contributed by atoms with Gasteiger partial charge in [-0.15, -0.1) is 0 Å². The van der Waals surface area contributed by atoms with Gasteiger partial charge < -0.3 is 9.72 Å². The molecule has 5 heteroatoms. The minimum Gasteiger partial charge on any atom is -0.497 e. The first kappa shape index (κ1) is 14.8. The highest BCUT2D eigenvalue weighted by Gasteiger charge is 2.14. The van der Waals surface area contributed by atoms with Crippen molar-refractivity contribution in [1.82, 2.24) is 9.97 Å². The number of halogens is 1.